The zero-order valence-corrected chi connectivity index (χ0v) is 15.9. The van der Waals surface area contributed by atoms with Crippen molar-refractivity contribution in [3.05, 3.63) is 47.8 Å². The first-order valence-electron chi connectivity index (χ1n) is 9.56. The number of H-pyrrole nitrogens is 1. The van der Waals surface area contributed by atoms with Crippen molar-refractivity contribution in [1.82, 2.24) is 30.1 Å². The van der Waals surface area contributed by atoms with Crippen LogP contribution < -0.4 is 4.90 Å². The first-order valence-corrected chi connectivity index (χ1v) is 9.56. The minimum Gasteiger partial charge on any atom is -0.337 e. The molecule has 1 aromatic carbocycles. The molecule has 0 aliphatic carbocycles. The van der Waals surface area contributed by atoms with Gasteiger partial charge in [-0.05, 0) is 17.7 Å². The number of amides is 2. The zero-order valence-electron chi connectivity index (χ0n) is 15.9. The minimum absolute atomic E-state index is 0.289. The number of nitrogens with one attached hydrogen (secondary N) is 1. The van der Waals surface area contributed by atoms with Crippen molar-refractivity contribution < 1.29 is 13.6 Å². The van der Waals surface area contributed by atoms with Crippen LogP contribution >= 0.6 is 0 Å². The van der Waals surface area contributed by atoms with Crippen LogP contribution in [0.4, 0.5) is 19.5 Å². The number of nitrogens with zero attached hydrogens (tertiary/aromatic N) is 7. The number of piperazine rings is 1. The van der Waals surface area contributed by atoms with E-state index < -0.39 is 17.7 Å². The lowest BCUT2D eigenvalue weighted by atomic mass is 10.0. The second-order valence-corrected chi connectivity index (χ2v) is 7.20. The lowest BCUT2D eigenvalue weighted by Gasteiger charge is -2.37. The van der Waals surface area contributed by atoms with Gasteiger partial charge in [0.2, 0.25) is 5.95 Å². The molecule has 0 saturated carbocycles. The fourth-order valence-corrected chi connectivity index (χ4v) is 3.77. The molecule has 2 amide bonds. The van der Waals surface area contributed by atoms with Gasteiger partial charge in [-0.2, -0.15) is 15.2 Å². The van der Waals surface area contributed by atoms with E-state index >= 15 is 0 Å². The Morgan fingerprint density at radius 2 is 1.83 bits per heavy atom. The maximum atomic E-state index is 13.6. The van der Waals surface area contributed by atoms with Crippen LogP contribution in [0.2, 0.25) is 0 Å². The molecule has 2 aromatic heterocycles. The average Bonchev–Trinajstić information content (AvgIpc) is 3.41. The summed E-state index contributed by atoms with van der Waals surface area (Å²) in [6.45, 7) is 2.03. The van der Waals surface area contributed by atoms with Gasteiger partial charge in [0.15, 0.2) is 5.65 Å². The number of hydrogen-bond donors (Lipinski definition) is 1. The number of halogens is 2. The third-order valence-electron chi connectivity index (χ3n) is 5.31. The van der Waals surface area contributed by atoms with Gasteiger partial charge in [-0.25, -0.2) is 23.6 Å². The van der Waals surface area contributed by atoms with E-state index in [0.29, 0.717) is 49.8 Å². The lowest BCUT2D eigenvalue weighted by Crippen LogP contribution is -2.52. The number of aromatic nitrogens is 4. The number of carbonyl (C=O) groups excluding carboxylic acids is 1. The van der Waals surface area contributed by atoms with Crippen LogP contribution in [0.3, 0.4) is 0 Å². The molecule has 2 aliphatic rings. The molecule has 1 atom stereocenters. The molecule has 1 N–H and O–H groups in total. The Morgan fingerprint density at radius 1 is 1.07 bits per heavy atom. The molecule has 0 spiro atoms. The Kier molecular flexibility index (Phi) is 4.49. The third kappa shape index (κ3) is 3.31. The number of carbonyl (C=O) groups is 1. The van der Waals surface area contributed by atoms with Crippen molar-refractivity contribution in [2.75, 3.05) is 31.1 Å². The summed E-state index contributed by atoms with van der Waals surface area (Å²) in [7, 11) is 0. The highest BCUT2D eigenvalue weighted by molar-refractivity contribution is 5.79. The molecule has 30 heavy (non-hydrogen) atoms. The third-order valence-corrected chi connectivity index (χ3v) is 5.31. The monoisotopic (exact) mass is 412 g/mol. The summed E-state index contributed by atoms with van der Waals surface area (Å²) in [4.78, 5) is 25.5. The Bertz CT molecular complexity index is 1100. The largest absolute Gasteiger partial charge is 0.341 e. The first-order chi connectivity index (χ1) is 14.6. The lowest BCUT2D eigenvalue weighted by molar-refractivity contribution is 0.139. The quantitative estimate of drug-likeness (QED) is 0.697. The van der Waals surface area contributed by atoms with E-state index in [1.165, 1.54) is 17.1 Å². The van der Waals surface area contributed by atoms with E-state index in [2.05, 4.69) is 25.3 Å². The molecule has 11 heteroatoms. The van der Waals surface area contributed by atoms with Crippen LogP contribution in [0.15, 0.2) is 35.7 Å². The Balaban J connectivity index is 1.27. The summed E-state index contributed by atoms with van der Waals surface area (Å²) < 4.78 is 27.3. The molecule has 0 bridgehead atoms. The van der Waals surface area contributed by atoms with Gasteiger partial charge in [0.05, 0.1) is 17.6 Å². The minimum atomic E-state index is -0.674. The molecule has 2 aliphatic heterocycles. The number of fused-ring (bicyclic) bond motifs is 1. The number of rotatable bonds is 2. The van der Waals surface area contributed by atoms with Crippen LogP contribution in [0, 0.1) is 11.6 Å². The van der Waals surface area contributed by atoms with Crippen molar-refractivity contribution in [3.8, 4) is 0 Å². The van der Waals surface area contributed by atoms with E-state index in [9.17, 15) is 13.6 Å². The molecule has 154 valence electrons. The molecule has 9 nitrogen and oxygen atoms in total. The summed E-state index contributed by atoms with van der Waals surface area (Å²) in [5, 5.41) is 13.1. The van der Waals surface area contributed by atoms with Crippen molar-refractivity contribution in [3.63, 3.8) is 0 Å². The maximum absolute atomic E-state index is 13.6. The van der Waals surface area contributed by atoms with Gasteiger partial charge in [-0.3, -0.25) is 5.10 Å². The Morgan fingerprint density at radius 3 is 2.60 bits per heavy atom. The summed E-state index contributed by atoms with van der Waals surface area (Å²) in [6.07, 6.45) is 5.37. The van der Waals surface area contributed by atoms with Gasteiger partial charge in [0.25, 0.3) is 0 Å². The van der Waals surface area contributed by atoms with Crippen LogP contribution in [0.25, 0.3) is 11.0 Å². The van der Waals surface area contributed by atoms with Crippen molar-refractivity contribution in [2.24, 2.45) is 5.10 Å². The van der Waals surface area contributed by atoms with Gasteiger partial charge in [-0.1, -0.05) is 0 Å². The normalized spacial score (nSPS) is 19.1. The van der Waals surface area contributed by atoms with Gasteiger partial charge in [0, 0.05) is 51.1 Å². The van der Waals surface area contributed by atoms with Crippen LogP contribution in [-0.2, 0) is 0 Å². The predicted octanol–water partition coefficient (Wildman–Crippen LogP) is 2.31. The van der Waals surface area contributed by atoms with Gasteiger partial charge < -0.3 is 9.80 Å². The van der Waals surface area contributed by atoms with Crippen molar-refractivity contribution >= 4 is 29.2 Å². The summed E-state index contributed by atoms with van der Waals surface area (Å²) in [5.41, 5.74) is 1.05. The smallest absolute Gasteiger partial charge is 0.337 e. The van der Waals surface area contributed by atoms with Crippen LogP contribution in [0.1, 0.15) is 18.0 Å². The number of aromatic amines is 1. The fraction of sp³-hybridized carbons (Fsp3) is 0.316. The number of anilines is 1. The highest BCUT2D eigenvalue weighted by Crippen LogP contribution is 2.30. The predicted molar refractivity (Wildman–Crippen MR) is 105 cm³/mol. The van der Waals surface area contributed by atoms with E-state index in [-0.39, 0.29) is 6.03 Å². The molecule has 1 saturated heterocycles. The summed E-state index contributed by atoms with van der Waals surface area (Å²) >= 11 is 0. The van der Waals surface area contributed by atoms with Crippen molar-refractivity contribution in [2.45, 2.75) is 12.5 Å². The first kappa shape index (κ1) is 18.4. The van der Waals surface area contributed by atoms with E-state index in [4.69, 9.17) is 0 Å². The summed E-state index contributed by atoms with van der Waals surface area (Å²) in [6, 6.07) is 2.48. The number of hydrogen-bond acceptors (Lipinski definition) is 6. The van der Waals surface area contributed by atoms with Gasteiger partial charge in [-0.15, -0.1) is 0 Å². The van der Waals surface area contributed by atoms with Crippen molar-refractivity contribution in [1.29, 1.82) is 0 Å². The van der Waals surface area contributed by atoms with E-state index in [0.717, 1.165) is 11.5 Å². The average molecular weight is 412 g/mol. The molecule has 1 fully saturated rings. The Hall–Kier alpha value is -3.63. The molecule has 0 radical (unpaired) electrons. The van der Waals surface area contributed by atoms with Crippen LogP contribution in [-0.4, -0.2) is 68.5 Å². The molecule has 3 aromatic rings. The van der Waals surface area contributed by atoms with Gasteiger partial charge in [0.1, 0.15) is 11.6 Å². The second kappa shape index (κ2) is 7.32. The highest BCUT2D eigenvalue weighted by atomic mass is 19.1. The summed E-state index contributed by atoms with van der Waals surface area (Å²) in [5.74, 6) is -0.773. The maximum Gasteiger partial charge on any atom is 0.341 e. The molecular formula is C19H18F2N8O. The fourth-order valence-electron chi connectivity index (χ4n) is 3.77. The van der Waals surface area contributed by atoms with Gasteiger partial charge >= 0.3 is 6.03 Å². The topological polar surface area (TPSA) is 93.6 Å². The molecule has 4 heterocycles. The van der Waals surface area contributed by atoms with E-state index in [1.807, 2.05) is 4.90 Å². The molecule has 0 unspecified atom stereocenters. The number of hydrazone groups is 1. The highest BCUT2D eigenvalue weighted by Gasteiger charge is 2.33. The zero-order chi connectivity index (χ0) is 20.7. The SMILES string of the molecule is O=C(N1CCN(c2ncc3cn[nH]c3n2)CC1)N1N=CC[C@H]1c1cc(F)cc(F)c1. The van der Waals surface area contributed by atoms with E-state index in [1.54, 1.807) is 23.5 Å². The molecular weight excluding hydrogens is 394 g/mol. The Labute approximate surface area is 170 Å². The molecule has 5 rings (SSSR count). The second-order valence-electron chi connectivity index (χ2n) is 7.20. The number of benzene rings is 1. The number of urea groups is 1. The van der Waals surface area contributed by atoms with Crippen LogP contribution in [0.5, 0.6) is 0 Å². The standard InChI is InChI=1S/C19H18F2N8O/c20-14-7-12(8-15(21)9-14)16-1-2-24-29(16)19(30)28-5-3-27(4-6-28)18-22-10-13-11-23-26-17(13)25-18/h2,7-11,16H,1,3-6H2,(H,22,23,25,26)/t16-/m0/s1.